The summed E-state index contributed by atoms with van der Waals surface area (Å²) in [7, 11) is 0. The molecule has 2 rings (SSSR count). The van der Waals surface area contributed by atoms with E-state index in [1.165, 1.54) is 4.90 Å². The summed E-state index contributed by atoms with van der Waals surface area (Å²) in [4.78, 5) is 12.8. The second-order valence-corrected chi connectivity index (χ2v) is 6.53. The summed E-state index contributed by atoms with van der Waals surface area (Å²) in [5, 5.41) is 18.4. The number of rotatable bonds is 0. The van der Waals surface area contributed by atoms with Gasteiger partial charge in [0.15, 0.2) is 0 Å². The van der Waals surface area contributed by atoms with Crippen molar-refractivity contribution in [2.24, 2.45) is 5.41 Å². The second kappa shape index (κ2) is 5.28. The first kappa shape index (κ1) is 15.2. The summed E-state index contributed by atoms with van der Waals surface area (Å²) >= 11 is 0. The first-order chi connectivity index (χ1) is 9.72. The first-order valence-electron chi connectivity index (χ1n) is 6.90. The van der Waals surface area contributed by atoms with Gasteiger partial charge in [0.2, 0.25) is 0 Å². The van der Waals surface area contributed by atoms with E-state index < -0.39 is 6.09 Å². The number of carbonyl (C=O) groups is 1. The van der Waals surface area contributed by atoms with Gasteiger partial charge in [0.1, 0.15) is 11.9 Å². The maximum atomic E-state index is 11.4. The summed E-state index contributed by atoms with van der Waals surface area (Å²) in [6, 6.07) is 5.59. The molecule has 0 bridgehead atoms. The Balaban J connectivity index is 2.52. The molecule has 5 nitrogen and oxygen atoms in total. The fourth-order valence-corrected chi connectivity index (χ4v) is 2.44. The molecule has 112 valence electrons. The standard InChI is InChI=1S/C16H20N2O3/c1-10-5-11(7-17)6-12-8-18(15(19)20)9-13(16(2,3)4)21-14(10)12/h5-6,13H,8-9H2,1-4H3,(H,19,20). The molecule has 1 heterocycles. The van der Waals surface area contributed by atoms with Gasteiger partial charge in [0.25, 0.3) is 0 Å². The molecule has 1 atom stereocenters. The molecule has 1 N–H and O–H groups in total. The molecule has 0 fully saturated rings. The van der Waals surface area contributed by atoms with Gasteiger partial charge in [-0.1, -0.05) is 20.8 Å². The number of ether oxygens (including phenoxy) is 1. The maximum absolute atomic E-state index is 11.4. The Morgan fingerprint density at radius 3 is 2.67 bits per heavy atom. The lowest BCUT2D eigenvalue weighted by atomic mass is 9.88. The quantitative estimate of drug-likeness (QED) is 0.795. The Bertz CT molecular complexity index is 611. The molecule has 0 spiro atoms. The van der Waals surface area contributed by atoms with Crippen LogP contribution in [0, 0.1) is 23.7 Å². The minimum atomic E-state index is -0.972. The Labute approximate surface area is 124 Å². The van der Waals surface area contributed by atoms with Crippen molar-refractivity contribution < 1.29 is 14.6 Å². The van der Waals surface area contributed by atoms with E-state index >= 15 is 0 Å². The molecule has 5 heteroatoms. The van der Waals surface area contributed by atoms with Crippen molar-refractivity contribution in [3.63, 3.8) is 0 Å². The van der Waals surface area contributed by atoms with Gasteiger partial charge in [-0.15, -0.1) is 0 Å². The van der Waals surface area contributed by atoms with Crippen LogP contribution in [-0.2, 0) is 6.54 Å². The Hall–Kier alpha value is -2.22. The molecule has 1 aromatic rings. The highest BCUT2D eigenvalue weighted by Crippen LogP contribution is 2.34. The zero-order valence-corrected chi connectivity index (χ0v) is 12.8. The van der Waals surface area contributed by atoms with Crippen LogP contribution in [0.4, 0.5) is 4.79 Å². The van der Waals surface area contributed by atoms with E-state index in [2.05, 4.69) is 6.07 Å². The molecular weight excluding hydrogens is 268 g/mol. The molecular formula is C16H20N2O3. The van der Waals surface area contributed by atoms with Gasteiger partial charge in [-0.05, 0) is 24.6 Å². The third-order valence-electron chi connectivity index (χ3n) is 3.72. The van der Waals surface area contributed by atoms with Crippen LogP contribution in [0.25, 0.3) is 0 Å². The number of amides is 1. The summed E-state index contributed by atoms with van der Waals surface area (Å²) in [6.45, 7) is 8.53. The number of nitrogens with zero attached hydrogens (tertiary/aromatic N) is 2. The van der Waals surface area contributed by atoms with Crippen molar-refractivity contribution in [2.75, 3.05) is 6.54 Å². The molecule has 0 saturated heterocycles. The van der Waals surface area contributed by atoms with Crippen LogP contribution in [0.3, 0.4) is 0 Å². The van der Waals surface area contributed by atoms with Gasteiger partial charge in [0, 0.05) is 11.0 Å². The summed E-state index contributed by atoms with van der Waals surface area (Å²) in [5.74, 6) is 0.706. The lowest BCUT2D eigenvalue weighted by Crippen LogP contribution is -2.43. The van der Waals surface area contributed by atoms with Crippen LogP contribution >= 0.6 is 0 Å². The smallest absolute Gasteiger partial charge is 0.407 e. The maximum Gasteiger partial charge on any atom is 0.407 e. The largest absolute Gasteiger partial charge is 0.487 e. The summed E-state index contributed by atoms with van der Waals surface area (Å²) in [6.07, 6.45) is -1.21. The van der Waals surface area contributed by atoms with Crippen LogP contribution in [0.5, 0.6) is 5.75 Å². The molecule has 0 saturated carbocycles. The van der Waals surface area contributed by atoms with Gasteiger partial charge in [0.05, 0.1) is 24.7 Å². The first-order valence-corrected chi connectivity index (χ1v) is 6.90. The zero-order valence-electron chi connectivity index (χ0n) is 12.8. The third kappa shape index (κ3) is 3.10. The van der Waals surface area contributed by atoms with E-state index in [9.17, 15) is 9.90 Å². The van der Waals surface area contributed by atoms with Crippen molar-refractivity contribution in [3.05, 3.63) is 28.8 Å². The van der Waals surface area contributed by atoms with Crippen molar-refractivity contribution in [1.82, 2.24) is 4.90 Å². The molecule has 1 aliphatic heterocycles. The highest BCUT2D eigenvalue weighted by atomic mass is 16.5. The van der Waals surface area contributed by atoms with Gasteiger partial charge in [-0.2, -0.15) is 5.26 Å². The average molecular weight is 288 g/mol. The average Bonchev–Trinajstić information content (AvgIpc) is 2.57. The Morgan fingerprint density at radius 2 is 2.14 bits per heavy atom. The zero-order chi connectivity index (χ0) is 15.8. The third-order valence-corrected chi connectivity index (χ3v) is 3.72. The van der Waals surface area contributed by atoms with Gasteiger partial charge >= 0.3 is 6.09 Å². The predicted molar refractivity (Wildman–Crippen MR) is 78.2 cm³/mol. The second-order valence-electron chi connectivity index (χ2n) is 6.53. The van der Waals surface area contributed by atoms with Crippen LogP contribution in [0.2, 0.25) is 0 Å². The molecule has 0 radical (unpaired) electrons. The highest BCUT2D eigenvalue weighted by Gasteiger charge is 2.34. The van der Waals surface area contributed by atoms with E-state index in [0.717, 1.165) is 11.1 Å². The highest BCUT2D eigenvalue weighted by molar-refractivity contribution is 5.65. The summed E-state index contributed by atoms with van der Waals surface area (Å²) < 4.78 is 6.12. The van der Waals surface area contributed by atoms with Crippen molar-refractivity contribution in [2.45, 2.75) is 40.3 Å². The lowest BCUT2D eigenvalue weighted by Gasteiger charge is -2.32. The summed E-state index contributed by atoms with van der Waals surface area (Å²) in [5.41, 5.74) is 1.95. The van der Waals surface area contributed by atoms with Gasteiger partial charge in [-0.3, -0.25) is 0 Å². The predicted octanol–water partition coefficient (Wildman–Crippen LogP) is 3.15. The fraction of sp³-hybridized carbons (Fsp3) is 0.500. The molecule has 1 aromatic carbocycles. The molecule has 0 aliphatic carbocycles. The number of carboxylic acid groups (broad SMARTS) is 1. The van der Waals surface area contributed by atoms with E-state index in [0.29, 0.717) is 17.9 Å². The normalized spacial score (nSPS) is 18.2. The molecule has 0 aromatic heterocycles. The minimum Gasteiger partial charge on any atom is -0.487 e. The number of benzene rings is 1. The van der Waals surface area contributed by atoms with Gasteiger partial charge in [-0.25, -0.2) is 4.79 Å². The minimum absolute atomic E-state index is 0.185. The number of hydrogen-bond donors (Lipinski definition) is 1. The van der Waals surface area contributed by atoms with Crippen molar-refractivity contribution >= 4 is 6.09 Å². The molecule has 1 aliphatic rings. The Morgan fingerprint density at radius 1 is 1.48 bits per heavy atom. The number of aryl methyl sites for hydroxylation is 1. The van der Waals surface area contributed by atoms with Crippen molar-refractivity contribution in [3.8, 4) is 11.8 Å². The van der Waals surface area contributed by atoms with E-state index in [-0.39, 0.29) is 18.1 Å². The van der Waals surface area contributed by atoms with Crippen LogP contribution in [-0.4, -0.2) is 28.7 Å². The van der Waals surface area contributed by atoms with Crippen LogP contribution in [0.15, 0.2) is 12.1 Å². The van der Waals surface area contributed by atoms with E-state index in [4.69, 9.17) is 10.00 Å². The lowest BCUT2D eigenvalue weighted by molar-refractivity contribution is 0.0562. The molecule has 1 amide bonds. The van der Waals surface area contributed by atoms with Crippen LogP contribution < -0.4 is 4.74 Å². The molecule has 1 unspecified atom stereocenters. The van der Waals surface area contributed by atoms with Crippen LogP contribution in [0.1, 0.15) is 37.5 Å². The van der Waals surface area contributed by atoms with E-state index in [1.54, 1.807) is 12.1 Å². The van der Waals surface area contributed by atoms with E-state index in [1.807, 2.05) is 27.7 Å². The fourth-order valence-electron chi connectivity index (χ4n) is 2.44. The number of nitriles is 1. The number of fused-ring (bicyclic) bond motifs is 1. The number of hydrogen-bond acceptors (Lipinski definition) is 3. The van der Waals surface area contributed by atoms with Crippen molar-refractivity contribution in [1.29, 1.82) is 5.26 Å². The topological polar surface area (TPSA) is 73.6 Å². The SMILES string of the molecule is Cc1cc(C#N)cc2c1OC(C(C)(C)C)CN(C(=O)O)C2. The molecule has 21 heavy (non-hydrogen) atoms. The monoisotopic (exact) mass is 288 g/mol. The Kier molecular flexibility index (Phi) is 3.82. The van der Waals surface area contributed by atoms with Gasteiger partial charge < -0.3 is 14.7 Å².